The van der Waals surface area contributed by atoms with E-state index < -0.39 is 17.8 Å². The van der Waals surface area contributed by atoms with E-state index in [1.807, 2.05) is 12.1 Å². The van der Waals surface area contributed by atoms with Crippen LogP contribution in [0.1, 0.15) is 18.4 Å². The number of benzene rings is 3. The zero-order valence-corrected chi connectivity index (χ0v) is 19.0. The van der Waals surface area contributed by atoms with E-state index in [2.05, 4.69) is 20.5 Å². The molecule has 2 heterocycles. The van der Waals surface area contributed by atoms with Crippen LogP contribution in [0.2, 0.25) is 0 Å². The molecule has 1 aliphatic heterocycles. The van der Waals surface area contributed by atoms with Crippen molar-refractivity contribution < 1.29 is 22.7 Å². The van der Waals surface area contributed by atoms with Gasteiger partial charge in [0, 0.05) is 30.5 Å². The summed E-state index contributed by atoms with van der Waals surface area (Å²) in [5, 5.41) is 4.99. The van der Waals surface area contributed by atoms with Gasteiger partial charge in [-0.3, -0.25) is 4.98 Å². The molecular weight excluding hydrogens is 471 g/mol. The smallest absolute Gasteiger partial charge is 0.416 e. The Hall–Kier alpha value is -4.34. The summed E-state index contributed by atoms with van der Waals surface area (Å²) < 4.78 is 44.5. The molecule has 1 fully saturated rings. The van der Waals surface area contributed by atoms with E-state index in [4.69, 9.17) is 9.72 Å². The molecule has 0 saturated carbocycles. The standard InChI is InChI=1S/C26H22F3N5O2/c27-26(28,29)17-4-3-5-19(14-17)32-25(35)31-18-6-8-20(9-7-18)36-21-10-11-22-23(15-21)33-24(16-30-22)34-12-1-2-13-34/h3-11,14-16H,1-2,12-13H2,(H2,31,32,35). The van der Waals surface area contributed by atoms with E-state index >= 15 is 0 Å². The van der Waals surface area contributed by atoms with Gasteiger partial charge < -0.3 is 20.3 Å². The van der Waals surface area contributed by atoms with Crippen LogP contribution in [-0.4, -0.2) is 29.1 Å². The Morgan fingerprint density at radius 2 is 1.58 bits per heavy atom. The maximum Gasteiger partial charge on any atom is 0.416 e. The molecule has 184 valence electrons. The van der Waals surface area contributed by atoms with Crippen molar-refractivity contribution in [2.75, 3.05) is 28.6 Å². The van der Waals surface area contributed by atoms with Crippen LogP contribution in [0.25, 0.3) is 11.0 Å². The lowest BCUT2D eigenvalue weighted by atomic mass is 10.2. The van der Waals surface area contributed by atoms with E-state index in [1.165, 1.54) is 12.1 Å². The Morgan fingerprint density at radius 1 is 0.861 bits per heavy atom. The second-order valence-corrected chi connectivity index (χ2v) is 8.36. The minimum absolute atomic E-state index is 0.0366. The van der Waals surface area contributed by atoms with Crippen LogP contribution in [-0.2, 0) is 6.18 Å². The summed E-state index contributed by atoms with van der Waals surface area (Å²) in [5.41, 5.74) is 1.16. The highest BCUT2D eigenvalue weighted by Gasteiger charge is 2.30. The molecule has 0 radical (unpaired) electrons. The second kappa shape index (κ2) is 9.73. The van der Waals surface area contributed by atoms with Crippen LogP contribution >= 0.6 is 0 Å². The number of nitrogens with one attached hydrogen (secondary N) is 2. The van der Waals surface area contributed by atoms with Gasteiger partial charge in [0.05, 0.1) is 22.8 Å². The number of anilines is 3. The molecular formula is C26H22F3N5O2. The van der Waals surface area contributed by atoms with Crippen molar-refractivity contribution in [2.24, 2.45) is 0 Å². The molecule has 1 aliphatic rings. The Kier molecular flexibility index (Phi) is 6.32. The van der Waals surface area contributed by atoms with Crippen LogP contribution in [0.3, 0.4) is 0 Å². The van der Waals surface area contributed by atoms with Gasteiger partial charge in [0.2, 0.25) is 0 Å². The Balaban J connectivity index is 1.22. The van der Waals surface area contributed by atoms with Gasteiger partial charge in [0.25, 0.3) is 0 Å². The van der Waals surface area contributed by atoms with Crippen molar-refractivity contribution in [1.29, 1.82) is 0 Å². The number of ether oxygens (including phenoxy) is 1. The van der Waals surface area contributed by atoms with E-state index in [0.29, 0.717) is 17.2 Å². The average molecular weight is 493 g/mol. The number of nitrogens with zero attached hydrogens (tertiary/aromatic N) is 3. The number of hydrogen-bond donors (Lipinski definition) is 2. The Labute approximate surface area is 204 Å². The van der Waals surface area contributed by atoms with Gasteiger partial charge in [0.1, 0.15) is 17.3 Å². The van der Waals surface area contributed by atoms with Gasteiger partial charge in [-0.2, -0.15) is 13.2 Å². The lowest BCUT2D eigenvalue weighted by Gasteiger charge is -2.16. The van der Waals surface area contributed by atoms with Crippen molar-refractivity contribution in [2.45, 2.75) is 19.0 Å². The molecule has 0 aliphatic carbocycles. The number of urea groups is 1. The first-order valence-corrected chi connectivity index (χ1v) is 11.4. The number of alkyl halides is 3. The fourth-order valence-corrected chi connectivity index (χ4v) is 3.95. The van der Waals surface area contributed by atoms with Gasteiger partial charge in [0.15, 0.2) is 0 Å². The predicted octanol–water partition coefficient (Wildman–Crippen LogP) is 6.69. The highest BCUT2D eigenvalue weighted by molar-refractivity contribution is 5.99. The van der Waals surface area contributed by atoms with Crippen LogP contribution in [0, 0.1) is 0 Å². The third kappa shape index (κ3) is 5.48. The summed E-state index contributed by atoms with van der Waals surface area (Å²) >= 11 is 0. The molecule has 1 saturated heterocycles. The van der Waals surface area contributed by atoms with Crippen LogP contribution in [0.15, 0.2) is 72.9 Å². The summed E-state index contributed by atoms with van der Waals surface area (Å²) in [5.74, 6) is 2.00. The first-order chi connectivity index (χ1) is 17.3. The summed E-state index contributed by atoms with van der Waals surface area (Å²) in [4.78, 5) is 23.7. The van der Waals surface area contributed by atoms with E-state index in [0.717, 1.165) is 54.9 Å². The summed E-state index contributed by atoms with van der Waals surface area (Å²) in [7, 11) is 0. The van der Waals surface area contributed by atoms with Gasteiger partial charge in [-0.15, -0.1) is 0 Å². The monoisotopic (exact) mass is 493 g/mol. The predicted molar refractivity (Wildman–Crippen MR) is 132 cm³/mol. The SMILES string of the molecule is O=C(Nc1ccc(Oc2ccc3ncc(N4CCCC4)nc3c2)cc1)Nc1cccc(C(F)(F)F)c1. The summed E-state index contributed by atoms with van der Waals surface area (Å²) in [6, 6.07) is 15.9. The lowest BCUT2D eigenvalue weighted by molar-refractivity contribution is -0.137. The van der Waals surface area contributed by atoms with E-state index in [9.17, 15) is 18.0 Å². The first-order valence-electron chi connectivity index (χ1n) is 11.4. The Morgan fingerprint density at radius 3 is 2.33 bits per heavy atom. The molecule has 10 heteroatoms. The molecule has 0 bridgehead atoms. The third-order valence-electron chi connectivity index (χ3n) is 5.73. The molecule has 7 nitrogen and oxygen atoms in total. The molecule has 0 spiro atoms. The molecule has 1 aromatic heterocycles. The maximum atomic E-state index is 12.9. The zero-order chi connectivity index (χ0) is 25.1. The number of amides is 2. The molecule has 0 atom stereocenters. The van der Waals surface area contributed by atoms with Crippen molar-refractivity contribution >= 4 is 34.3 Å². The highest BCUT2D eigenvalue weighted by Crippen LogP contribution is 2.31. The summed E-state index contributed by atoms with van der Waals surface area (Å²) in [6.45, 7) is 1.96. The zero-order valence-electron chi connectivity index (χ0n) is 19.0. The van der Waals surface area contributed by atoms with Crippen molar-refractivity contribution in [3.8, 4) is 11.5 Å². The van der Waals surface area contributed by atoms with Crippen LogP contribution in [0.4, 0.5) is 35.2 Å². The molecule has 5 rings (SSSR count). The van der Waals surface area contributed by atoms with Crippen molar-refractivity contribution in [3.05, 3.63) is 78.5 Å². The van der Waals surface area contributed by atoms with Crippen LogP contribution < -0.4 is 20.3 Å². The number of halogens is 3. The molecule has 4 aromatic rings. The Bertz CT molecular complexity index is 1390. The van der Waals surface area contributed by atoms with Gasteiger partial charge in [-0.25, -0.2) is 9.78 Å². The van der Waals surface area contributed by atoms with Crippen molar-refractivity contribution in [3.63, 3.8) is 0 Å². The third-order valence-corrected chi connectivity index (χ3v) is 5.73. The molecule has 3 aromatic carbocycles. The van der Waals surface area contributed by atoms with Gasteiger partial charge in [-0.05, 0) is 67.4 Å². The minimum atomic E-state index is -4.49. The highest BCUT2D eigenvalue weighted by atomic mass is 19.4. The quantitative estimate of drug-likeness (QED) is 0.324. The van der Waals surface area contributed by atoms with E-state index in [-0.39, 0.29) is 5.69 Å². The summed E-state index contributed by atoms with van der Waals surface area (Å²) in [6.07, 6.45) is -0.387. The maximum absolute atomic E-state index is 12.9. The first kappa shape index (κ1) is 23.4. The number of rotatable bonds is 5. The topological polar surface area (TPSA) is 79.4 Å². The lowest BCUT2D eigenvalue weighted by Crippen LogP contribution is -2.19. The van der Waals surface area contributed by atoms with Gasteiger partial charge >= 0.3 is 12.2 Å². The van der Waals surface area contributed by atoms with Gasteiger partial charge in [-0.1, -0.05) is 6.07 Å². The number of fused-ring (bicyclic) bond motifs is 1. The fourth-order valence-electron chi connectivity index (χ4n) is 3.95. The van der Waals surface area contributed by atoms with E-state index in [1.54, 1.807) is 36.5 Å². The number of aromatic nitrogens is 2. The second-order valence-electron chi connectivity index (χ2n) is 8.36. The molecule has 2 N–H and O–H groups in total. The molecule has 0 unspecified atom stereocenters. The van der Waals surface area contributed by atoms with Crippen molar-refractivity contribution in [1.82, 2.24) is 9.97 Å². The normalized spacial score (nSPS) is 13.6. The average Bonchev–Trinajstić information content (AvgIpc) is 3.40. The van der Waals surface area contributed by atoms with Crippen LogP contribution in [0.5, 0.6) is 11.5 Å². The molecule has 36 heavy (non-hydrogen) atoms. The fraction of sp³-hybridized carbons (Fsp3) is 0.192. The largest absolute Gasteiger partial charge is 0.457 e. The minimum Gasteiger partial charge on any atom is -0.457 e. The number of carbonyl (C=O) groups excluding carboxylic acids is 1. The number of carbonyl (C=O) groups is 1. The number of hydrogen-bond acceptors (Lipinski definition) is 5. The molecule has 2 amide bonds.